The van der Waals surface area contributed by atoms with Crippen molar-refractivity contribution in [2.45, 2.75) is 6.10 Å². The van der Waals surface area contributed by atoms with Gasteiger partial charge in [0, 0.05) is 0 Å². The van der Waals surface area contributed by atoms with Crippen molar-refractivity contribution >= 4 is 11.8 Å². The number of benzene rings is 2. The molecule has 0 bridgehead atoms. The van der Waals surface area contributed by atoms with Crippen molar-refractivity contribution in [1.29, 1.82) is 0 Å². The van der Waals surface area contributed by atoms with Gasteiger partial charge < -0.3 is 9.84 Å². The molecule has 0 aromatic heterocycles. The number of β-amino-alcohol motifs (C(OH)–C–C–N with tert-alkyl or cyclic N) is 1. The topological polar surface area (TPSA) is 66.8 Å². The molecule has 0 radical (unpaired) electrons. The number of aliphatic hydroxyl groups excluding tert-OH is 1. The lowest BCUT2D eigenvalue weighted by atomic mass is 10.1. The Balaban J connectivity index is 1.82. The van der Waals surface area contributed by atoms with E-state index in [1.807, 2.05) is 0 Å². The first kappa shape index (κ1) is 14.3. The van der Waals surface area contributed by atoms with Crippen LogP contribution in [0.3, 0.4) is 0 Å². The zero-order valence-corrected chi connectivity index (χ0v) is 12.0. The second-order valence-corrected chi connectivity index (χ2v) is 5.06. The molecule has 1 atom stereocenters. The van der Waals surface area contributed by atoms with Gasteiger partial charge in [-0.15, -0.1) is 0 Å². The highest BCUT2D eigenvalue weighted by Crippen LogP contribution is 2.26. The van der Waals surface area contributed by atoms with Gasteiger partial charge in [-0.1, -0.05) is 24.3 Å². The van der Waals surface area contributed by atoms with Crippen molar-refractivity contribution in [3.63, 3.8) is 0 Å². The van der Waals surface area contributed by atoms with E-state index >= 15 is 0 Å². The minimum absolute atomic E-state index is 0.0838. The van der Waals surface area contributed by atoms with Crippen molar-refractivity contribution in [2.24, 2.45) is 0 Å². The summed E-state index contributed by atoms with van der Waals surface area (Å²) in [5.41, 5.74) is 1.35. The van der Waals surface area contributed by atoms with Crippen molar-refractivity contribution in [3.8, 4) is 5.75 Å². The fourth-order valence-corrected chi connectivity index (χ4v) is 2.53. The zero-order chi connectivity index (χ0) is 15.7. The summed E-state index contributed by atoms with van der Waals surface area (Å²) in [4.78, 5) is 25.6. The Morgan fingerprint density at radius 2 is 1.68 bits per heavy atom. The SMILES string of the molecule is COc1cccc(C(O)CN2C(=O)c3ccccc3C2=O)c1. The summed E-state index contributed by atoms with van der Waals surface area (Å²) in [5, 5.41) is 10.3. The molecule has 0 saturated heterocycles. The van der Waals surface area contributed by atoms with Crippen LogP contribution in [0.4, 0.5) is 0 Å². The van der Waals surface area contributed by atoms with Crippen LogP contribution in [0, 0.1) is 0 Å². The molecule has 0 aliphatic carbocycles. The highest BCUT2D eigenvalue weighted by molar-refractivity contribution is 6.21. The van der Waals surface area contributed by atoms with Gasteiger partial charge in [0.2, 0.25) is 0 Å². The van der Waals surface area contributed by atoms with E-state index in [-0.39, 0.29) is 18.4 Å². The van der Waals surface area contributed by atoms with Crippen molar-refractivity contribution < 1.29 is 19.4 Å². The van der Waals surface area contributed by atoms with Crippen LogP contribution in [-0.2, 0) is 0 Å². The Hall–Kier alpha value is -2.66. The van der Waals surface area contributed by atoms with Crippen molar-refractivity contribution in [1.82, 2.24) is 4.90 Å². The Morgan fingerprint density at radius 1 is 1.05 bits per heavy atom. The van der Waals surface area contributed by atoms with Gasteiger partial charge in [-0.2, -0.15) is 0 Å². The fraction of sp³-hybridized carbons (Fsp3) is 0.176. The highest BCUT2D eigenvalue weighted by Gasteiger charge is 2.36. The lowest BCUT2D eigenvalue weighted by molar-refractivity contribution is 0.0543. The lowest BCUT2D eigenvalue weighted by Crippen LogP contribution is -2.33. The number of fused-ring (bicyclic) bond motifs is 1. The number of carbonyl (C=O) groups excluding carboxylic acids is 2. The van der Waals surface area contributed by atoms with E-state index in [0.717, 1.165) is 4.90 Å². The van der Waals surface area contributed by atoms with Crippen LogP contribution >= 0.6 is 0 Å². The molecule has 112 valence electrons. The molecule has 3 rings (SSSR count). The summed E-state index contributed by atoms with van der Waals surface area (Å²) >= 11 is 0. The zero-order valence-electron chi connectivity index (χ0n) is 12.0. The molecule has 2 aromatic rings. The van der Waals surface area contributed by atoms with E-state index in [4.69, 9.17) is 4.74 Å². The molecule has 5 heteroatoms. The number of hydrogen-bond donors (Lipinski definition) is 1. The number of hydrogen-bond acceptors (Lipinski definition) is 4. The first-order valence-corrected chi connectivity index (χ1v) is 6.89. The molecule has 22 heavy (non-hydrogen) atoms. The van der Waals surface area contributed by atoms with Crippen LogP contribution in [0.25, 0.3) is 0 Å². The fourth-order valence-electron chi connectivity index (χ4n) is 2.53. The Morgan fingerprint density at radius 3 is 2.27 bits per heavy atom. The van der Waals surface area contributed by atoms with Gasteiger partial charge in [-0.25, -0.2) is 0 Å². The van der Waals surface area contributed by atoms with Crippen molar-refractivity contribution in [3.05, 3.63) is 65.2 Å². The molecule has 1 heterocycles. The van der Waals surface area contributed by atoms with Crippen LogP contribution < -0.4 is 4.74 Å². The number of carbonyl (C=O) groups is 2. The third-order valence-electron chi connectivity index (χ3n) is 3.71. The molecule has 0 saturated carbocycles. The predicted octanol–water partition coefficient (Wildman–Crippen LogP) is 2.02. The van der Waals surface area contributed by atoms with E-state index in [1.165, 1.54) is 7.11 Å². The molecule has 0 spiro atoms. The first-order valence-electron chi connectivity index (χ1n) is 6.89. The van der Waals surface area contributed by atoms with Gasteiger partial charge in [0.1, 0.15) is 5.75 Å². The van der Waals surface area contributed by atoms with Crippen LogP contribution in [0.2, 0.25) is 0 Å². The number of amides is 2. The van der Waals surface area contributed by atoms with Gasteiger partial charge in [0.25, 0.3) is 11.8 Å². The van der Waals surface area contributed by atoms with Gasteiger partial charge >= 0.3 is 0 Å². The maximum absolute atomic E-state index is 12.3. The molecule has 1 N–H and O–H groups in total. The smallest absolute Gasteiger partial charge is 0.261 e. The quantitative estimate of drug-likeness (QED) is 0.877. The summed E-state index contributed by atoms with van der Waals surface area (Å²) in [5.74, 6) is -0.135. The first-order chi connectivity index (χ1) is 10.6. The number of methoxy groups -OCH3 is 1. The van der Waals surface area contributed by atoms with E-state index < -0.39 is 6.10 Å². The maximum atomic E-state index is 12.3. The number of rotatable bonds is 4. The highest BCUT2D eigenvalue weighted by atomic mass is 16.5. The average Bonchev–Trinajstić information content (AvgIpc) is 2.80. The molecule has 2 amide bonds. The predicted molar refractivity (Wildman–Crippen MR) is 79.8 cm³/mol. The standard InChI is InChI=1S/C17H15NO4/c1-22-12-6-4-5-11(9-12)15(19)10-18-16(20)13-7-2-3-8-14(13)17(18)21/h2-9,15,19H,10H2,1H3. The van der Waals surface area contributed by atoms with Gasteiger partial charge in [0.15, 0.2) is 0 Å². The number of nitrogens with zero attached hydrogens (tertiary/aromatic N) is 1. The maximum Gasteiger partial charge on any atom is 0.261 e. The number of aliphatic hydroxyl groups is 1. The van der Waals surface area contributed by atoms with Gasteiger partial charge in [-0.05, 0) is 29.8 Å². The molecule has 5 nitrogen and oxygen atoms in total. The molecule has 1 aliphatic rings. The third kappa shape index (κ3) is 2.35. The molecular formula is C17H15NO4. The Kier molecular flexibility index (Phi) is 3.65. The Bertz CT molecular complexity index is 706. The normalized spacial score (nSPS) is 14.9. The van der Waals surface area contributed by atoms with E-state index in [0.29, 0.717) is 22.4 Å². The van der Waals surface area contributed by atoms with Crippen LogP contribution in [0.5, 0.6) is 5.75 Å². The average molecular weight is 297 g/mol. The van der Waals surface area contributed by atoms with E-state index in [2.05, 4.69) is 0 Å². The van der Waals surface area contributed by atoms with Crippen LogP contribution in [-0.4, -0.2) is 35.5 Å². The second kappa shape index (κ2) is 5.61. The van der Waals surface area contributed by atoms with E-state index in [9.17, 15) is 14.7 Å². The molecule has 1 unspecified atom stereocenters. The minimum atomic E-state index is -0.961. The van der Waals surface area contributed by atoms with Crippen molar-refractivity contribution in [2.75, 3.05) is 13.7 Å². The lowest BCUT2D eigenvalue weighted by Gasteiger charge is -2.19. The summed E-state index contributed by atoms with van der Waals surface area (Å²) in [6, 6.07) is 13.6. The largest absolute Gasteiger partial charge is 0.497 e. The summed E-state index contributed by atoms with van der Waals surface area (Å²) in [6.45, 7) is -0.0838. The van der Waals surface area contributed by atoms with Crippen LogP contribution in [0.1, 0.15) is 32.4 Å². The number of ether oxygens (including phenoxy) is 1. The molecule has 2 aromatic carbocycles. The molecule has 1 aliphatic heterocycles. The third-order valence-corrected chi connectivity index (χ3v) is 3.71. The monoisotopic (exact) mass is 297 g/mol. The second-order valence-electron chi connectivity index (χ2n) is 5.06. The van der Waals surface area contributed by atoms with Crippen LogP contribution in [0.15, 0.2) is 48.5 Å². The minimum Gasteiger partial charge on any atom is -0.497 e. The van der Waals surface area contributed by atoms with E-state index in [1.54, 1.807) is 48.5 Å². The summed E-state index contributed by atoms with van der Waals surface area (Å²) in [6.07, 6.45) is -0.961. The Labute approximate surface area is 127 Å². The summed E-state index contributed by atoms with van der Waals surface area (Å²) in [7, 11) is 1.54. The van der Waals surface area contributed by atoms with Gasteiger partial charge in [0.05, 0.1) is 30.9 Å². The molecular weight excluding hydrogens is 282 g/mol. The molecule has 0 fully saturated rings. The van der Waals surface area contributed by atoms with Gasteiger partial charge in [-0.3, -0.25) is 14.5 Å². The summed E-state index contributed by atoms with van der Waals surface area (Å²) < 4.78 is 5.11. The number of imide groups is 1.